The van der Waals surface area contributed by atoms with Gasteiger partial charge in [-0.25, -0.2) is 14.8 Å². The fraction of sp³-hybridized carbons (Fsp3) is 0.125. The fourth-order valence-electron chi connectivity index (χ4n) is 3.14. The second-order valence-electron chi connectivity index (χ2n) is 7.20. The highest BCUT2D eigenvalue weighted by Gasteiger charge is 2.13. The van der Waals surface area contributed by atoms with Gasteiger partial charge in [-0.1, -0.05) is 69.7 Å². The summed E-state index contributed by atoms with van der Waals surface area (Å²) in [6.07, 6.45) is 1.29. The minimum absolute atomic E-state index is 0.134. The van der Waals surface area contributed by atoms with Gasteiger partial charge in [0, 0.05) is 10.0 Å². The van der Waals surface area contributed by atoms with E-state index in [1.165, 1.54) is 29.6 Å². The van der Waals surface area contributed by atoms with Crippen molar-refractivity contribution in [1.82, 2.24) is 15.0 Å². The molecule has 0 aliphatic carbocycles. The number of imidazole rings is 1. The molecule has 4 aromatic rings. The number of halogens is 2. The molecule has 0 saturated carbocycles. The van der Waals surface area contributed by atoms with Gasteiger partial charge in [0.15, 0.2) is 5.16 Å². The first-order chi connectivity index (χ1) is 15.5. The van der Waals surface area contributed by atoms with Crippen LogP contribution in [-0.4, -0.2) is 27.4 Å². The van der Waals surface area contributed by atoms with Gasteiger partial charge >= 0.3 is 0 Å². The maximum Gasteiger partial charge on any atom is 0.250 e. The molecule has 0 saturated heterocycles. The van der Waals surface area contributed by atoms with Gasteiger partial charge in [-0.05, 0) is 42.8 Å². The van der Waals surface area contributed by atoms with Gasteiger partial charge in [-0.15, -0.1) is 0 Å². The summed E-state index contributed by atoms with van der Waals surface area (Å²) in [4.78, 5) is 17.0. The highest BCUT2D eigenvalue weighted by Crippen LogP contribution is 2.25. The van der Waals surface area contributed by atoms with Crippen molar-refractivity contribution in [2.24, 2.45) is 5.10 Å². The van der Waals surface area contributed by atoms with Crippen molar-refractivity contribution in [3.8, 4) is 0 Å². The Morgan fingerprint density at radius 3 is 2.78 bits per heavy atom. The normalized spacial score (nSPS) is 11.3. The SMILES string of the molecule is Cc1ccc(Cn2c(SCC(=O)N/N=C\c3cc(Br)ccc3F)nc3ccccc32)cc1. The lowest BCUT2D eigenvalue weighted by Gasteiger charge is -2.09. The first-order valence-corrected chi connectivity index (χ1v) is 11.7. The Bertz CT molecular complexity index is 1290. The highest BCUT2D eigenvalue weighted by molar-refractivity contribution is 9.10. The quantitative estimate of drug-likeness (QED) is 0.202. The van der Waals surface area contributed by atoms with Gasteiger partial charge in [-0.3, -0.25) is 4.79 Å². The number of carbonyl (C=O) groups excluding carboxylic acids is 1. The van der Waals surface area contributed by atoms with Crippen molar-refractivity contribution in [1.29, 1.82) is 0 Å². The van der Waals surface area contributed by atoms with E-state index in [0.29, 0.717) is 6.54 Å². The van der Waals surface area contributed by atoms with E-state index in [1.54, 1.807) is 12.1 Å². The number of rotatable bonds is 7. The van der Waals surface area contributed by atoms with E-state index < -0.39 is 5.82 Å². The van der Waals surface area contributed by atoms with Crippen LogP contribution in [0.2, 0.25) is 0 Å². The Morgan fingerprint density at radius 1 is 1.19 bits per heavy atom. The number of benzene rings is 3. The number of thioether (sulfide) groups is 1. The van der Waals surface area contributed by atoms with Crippen LogP contribution < -0.4 is 5.43 Å². The number of aryl methyl sites for hydroxylation is 1. The predicted octanol–water partition coefficient (Wildman–Crippen LogP) is 5.54. The molecular weight excluding hydrogens is 491 g/mol. The van der Waals surface area contributed by atoms with Crippen molar-refractivity contribution in [3.05, 3.63) is 93.7 Å². The molecule has 0 radical (unpaired) electrons. The molecule has 0 aliphatic rings. The molecule has 0 unspecified atom stereocenters. The molecule has 1 amide bonds. The molecule has 32 heavy (non-hydrogen) atoms. The average molecular weight is 511 g/mol. The van der Waals surface area contributed by atoms with Gasteiger partial charge in [0.05, 0.1) is 29.5 Å². The topological polar surface area (TPSA) is 59.3 Å². The Labute approximate surface area is 197 Å². The lowest BCUT2D eigenvalue weighted by atomic mass is 10.1. The van der Waals surface area contributed by atoms with Gasteiger partial charge in [0.2, 0.25) is 0 Å². The average Bonchev–Trinajstić information content (AvgIpc) is 3.13. The molecule has 0 spiro atoms. The van der Waals surface area contributed by atoms with Gasteiger partial charge < -0.3 is 4.57 Å². The van der Waals surface area contributed by atoms with Gasteiger partial charge in [0.1, 0.15) is 5.82 Å². The van der Waals surface area contributed by atoms with Crippen LogP contribution in [0, 0.1) is 12.7 Å². The predicted molar refractivity (Wildman–Crippen MR) is 131 cm³/mol. The van der Waals surface area contributed by atoms with E-state index >= 15 is 0 Å². The van der Waals surface area contributed by atoms with E-state index in [2.05, 4.69) is 62.2 Å². The molecule has 3 aromatic carbocycles. The Kier molecular flexibility index (Phi) is 7.02. The van der Waals surface area contributed by atoms with E-state index in [4.69, 9.17) is 4.98 Å². The van der Waals surface area contributed by atoms with E-state index in [-0.39, 0.29) is 17.2 Å². The zero-order valence-electron chi connectivity index (χ0n) is 17.3. The molecule has 4 rings (SSSR count). The monoisotopic (exact) mass is 510 g/mol. The molecule has 0 bridgehead atoms. The summed E-state index contributed by atoms with van der Waals surface area (Å²) in [7, 11) is 0. The largest absolute Gasteiger partial charge is 0.314 e. The van der Waals surface area contributed by atoms with Crippen molar-refractivity contribution < 1.29 is 9.18 Å². The number of fused-ring (bicyclic) bond motifs is 1. The van der Waals surface area contributed by atoms with Crippen molar-refractivity contribution >= 4 is 50.8 Å². The third-order valence-corrected chi connectivity index (χ3v) is 6.23. The summed E-state index contributed by atoms with van der Waals surface area (Å²) >= 11 is 4.63. The summed E-state index contributed by atoms with van der Waals surface area (Å²) in [6, 6.07) is 20.8. The van der Waals surface area contributed by atoms with Gasteiger partial charge in [-0.2, -0.15) is 5.10 Å². The van der Waals surface area contributed by atoms with Crippen LogP contribution in [0.1, 0.15) is 16.7 Å². The number of nitrogens with one attached hydrogen (secondary N) is 1. The number of hydrogen-bond acceptors (Lipinski definition) is 4. The standard InChI is InChI=1S/C24H20BrFN4OS/c1-16-6-8-17(9-7-16)14-30-22-5-3-2-4-21(22)28-24(30)32-15-23(31)29-27-13-18-12-19(25)10-11-20(18)26/h2-13H,14-15H2,1H3,(H,29,31)/b27-13-. The first kappa shape index (κ1) is 22.2. The van der Waals surface area contributed by atoms with Crippen LogP contribution >= 0.6 is 27.7 Å². The number of aromatic nitrogens is 2. The van der Waals surface area contributed by atoms with E-state index in [1.807, 2.05) is 24.3 Å². The summed E-state index contributed by atoms with van der Waals surface area (Å²) in [5.74, 6) is -0.573. The Balaban J connectivity index is 1.45. The minimum Gasteiger partial charge on any atom is -0.314 e. The molecule has 1 heterocycles. The van der Waals surface area contributed by atoms with Crippen LogP contribution in [0.15, 0.2) is 81.5 Å². The molecule has 0 atom stereocenters. The van der Waals surface area contributed by atoms with Crippen molar-refractivity contribution in [2.75, 3.05) is 5.75 Å². The molecule has 1 N–H and O–H groups in total. The zero-order chi connectivity index (χ0) is 22.5. The zero-order valence-corrected chi connectivity index (χ0v) is 19.7. The third kappa shape index (κ3) is 5.44. The lowest BCUT2D eigenvalue weighted by molar-refractivity contribution is -0.118. The molecule has 8 heteroatoms. The van der Waals surface area contributed by atoms with Crippen molar-refractivity contribution in [3.63, 3.8) is 0 Å². The summed E-state index contributed by atoms with van der Waals surface area (Å²) in [6.45, 7) is 2.72. The maximum atomic E-state index is 13.8. The second kappa shape index (κ2) is 10.1. The van der Waals surface area contributed by atoms with Gasteiger partial charge in [0.25, 0.3) is 5.91 Å². The number of para-hydroxylation sites is 2. The van der Waals surface area contributed by atoms with Crippen LogP contribution in [-0.2, 0) is 11.3 Å². The summed E-state index contributed by atoms with van der Waals surface area (Å²) in [5.41, 5.74) is 6.99. The first-order valence-electron chi connectivity index (χ1n) is 9.90. The minimum atomic E-state index is -0.412. The Morgan fingerprint density at radius 2 is 1.97 bits per heavy atom. The van der Waals surface area contributed by atoms with Crippen LogP contribution in [0.4, 0.5) is 4.39 Å². The molecule has 162 valence electrons. The van der Waals surface area contributed by atoms with Crippen molar-refractivity contribution in [2.45, 2.75) is 18.6 Å². The third-order valence-electron chi connectivity index (χ3n) is 4.76. The van der Waals surface area contributed by atoms with E-state index in [0.717, 1.165) is 26.2 Å². The van der Waals surface area contributed by atoms with Crippen LogP contribution in [0.5, 0.6) is 0 Å². The highest BCUT2D eigenvalue weighted by atomic mass is 79.9. The smallest absolute Gasteiger partial charge is 0.250 e. The van der Waals surface area contributed by atoms with E-state index in [9.17, 15) is 9.18 Å². The fourth-order valence-corrected chi connectivity index (χ4v) is 4.33. The maximum absolute atomic E-state index is 13.8. The number of amides is 1. The van der Waals surface area contributed by atoms with Crippen LogP contribution in [0.25, 0.3) is 11.0 Å². The number of carbonyl (C=O) groups is 1. The van der Waals surface area contributed by atoms with Crippen LogP contribution in [0.3, 0.4) is 0 Å². The summed E-state index contributed by atoms with van der Waals surface area (Å²) in [5, 5.41) is 4.62. The lowest BCUT2D eigenvalue weighted by Crippen LogP contribution is -2.20. The number of hydrogen-bond donors (Lipinski definition) is 1. The second-order valence-corrected chi connectivity index (χ2v) is 9.06. The summed E-state index contributed by atoms with van der Waals surface area (Å²) < 4.78 is 16.6. The number of nitrogens with zero attached hydrogens (tertiary/aromatic N) is 3. The molecule has 5 nitrogen and oxygen atoms in total. The number of hydrazone groups is 1. The molecule has 1 aromatic heterocycles. The molecule has 0 fully saturated rings. The Hall–Kier alpha value is -2.97. The molecular formula is C24H20BrFN4OS. The molecule has 0 aliphatic heterocycles.